The van der Waals surface area contributed by atoms with Gasteiger partial charge >= 0.3 is 11.9 Å². The van der Waals surface area contributed by atoms with Gasteiger partial charge in [-0.2, -0.15) is 0 Å². The molecule has 0 spiro atoms. The Morgan fingerprint density at radius 1 is 0.241 bits per heavy atom. The molecular formula is C74H146O5. The van der Waals surface area contributed by atoms with Crippen LogP contribution in [0.5, 0.6) is 0 Å². The summed E-state index contributed by atoms with van der Waals surface area (Å²) in [4.78, 5) is 24.7. The molecule has 1 unspecified atom stereocenters. The molecule has 0 amide bonds. The van der Waals surface area contributed by atoms with Crippen LogP contribution in [0.3, 0.4) is 0 Å². The van der Waals surface area contributed by atoms with Crippen molar-refractivity contribution in [2.75, 3.05) is 13.2 Å². The molecule has 0 bridgehead atoms. The number of aliphatic hydroxyl groups is 1. The summed E-state index contributed by atoms with van der Waals surface area (Å²) in [5.41, 5.74) is 0. The van der Waals surface area contributed by atoms with E-state index in [1.807, 2.05) is 0 Å². The summed E-state index contributed by atoms with van der Waals surface area (Å²) < 4.78 is 10.8. The smallest absolute Gasteiger partial charge is 0.306 e. The molecule has 0 aromatic carbocycles. The maximum Gasteiger partial charge on any atom is 0.306 e. The average molecular weight is 1120 g/mol. The summed E-state index contributed by atoms with van der Waals surface area (Å²) in [5, 5.41) is 9.71. The molecule has 1 atom stereocenters. The Bertz CT molecular complexity index is 1120. The van der Waals surface area contributed by atoms with E-state index >= 15 is 0 Å². The number of carbonyl (C=O) groups excluding carboxylic acids is 2. The van der Waals surface area contributed by atoms with Crippen LogP contribution in [-0.4, -0.2) is 36.4 Å². The second kappa shape index (κ2) is 71.2. The van der Waals surface area contributed by atoms with Crippen LogP contribution in [0.25, 0.3) is 0 Å². The fourth-order valence-electron chi connectivity index (χ4n) is 12.1. The van der Waals surface area contributed by atoms with Crippen LogP contribution in [0.15, 0.2) is 0 Å². The zero-order chi connectivity index (χ0) is 56.9. The Morgan fingerprint density at radius 3 is 0.557 bits per heavy atom. The first-order chi connectivity index (χ1) is 39.1. The van der Waals surface area contributed by atoms with E-state index in [0.29, 0.717) is 12.8 Å². The molecule has 0 aromatic heterocycles. The topological polar surface area (TPSA) is 72.8 Å². The molecule has 5 heteroatoms. The fourth-order valence-corrected chi connectivity index (χ4v) is 12.1. The maximum absolute atomic E-state index is 12.4. The Balaban J connectivity index is 3.33. The van der Waals surface area contributed by atoms with Gasteiger partial charge in [0.1, 0.15) is 6.61 Å². The van der Waals surface area contributed by atoms with Crippen molar-refractivity contribution in [2.45, 2.75) is 450 Å². The summed E-state index contributed by atoms with van der Waals surface area (Å²) in [6.45, 7) is 4.23. The summed E-state index contributed by atoms with van der Waals surface area (Å²) in [6, 6.07) is 0. The highest BCUT2D eigenvalue weighted by atomic mass is 16.6. The van der Waals surface area contributed by atoms with E-state index in [1.165, 1.54) is 385 Å². The van der Waals surface area contributed by atoms with E-state index in [1.54, 1.807) is 0 Å². The highest BCUT2D eigenvalue weighted by Crippen LogP contribution is 2.20. The summed E-state index contributed by atoms with van der Waals surface area (Å²) in [7, 11) is 0. The second-order valence-electron chi connectivity index (χ2n) is 25.8. The Hall–Kier alpha value is -1.10. The minimum atomic E-state index is -0.766. The maximum atomic E-state index is 12.4. The van der Waals surface area contributed by atoms with Crippen molar-refractivity contribution in [1.82, 2.24) is 0 Å². The lowest BCUT2D eigenvalue weighted by Gasteiger charge is -2.15. The molecule has 0 aliphatic heterocycles. The van der Waals surface area contributed by atoms with Crippen LogP contribution in [0.1, 0.15) is 444 Å². The van der Waals surface area contributed by atoms with Gasteiger partial charge in [0.05, 0.1) is 6.61 Å². The van der Waals surface area contributed by atoms with Gasteiger partial charge in [0, 0.05) is 12.8 Å². The quantitative estimate of drug-likeness (QED) is 0.0485. The number of carbonyl (C=O) groups is 2. The standard InChI is InChI=1S/C74H146O5/c1-3-5-7-9-11-13-15-17-19-21-23-25-27-29-31-32-33-34-35-36-37-38-39-40-41-43-45-47-49-51-53-55-57-59-61-63-65-67-69-74(77)79-72(70-75)71-78-73(76)68-66-64-62-60-58-56-54-52-50-48-46-44-42-30-28-26-24-22-20-18-16-14-12-10-8-6-4-2/h72,75H,3-71H2,1-2H3. The molecule has 0 fully saturated rings. The first-order valence-electron chi connectivity index (χ1n) is 37.1. The molecular weight excluding hydrogens is 969 g/mol. The van der Waals surface area contributed by atoms with Gasteiger partial charge in [-0.05, 0) is 12.8 Å². The van der Waals surface area contributed by atoms with Crippen molar-refractivity contribution in [3.63, 3.8) is 0 Å². The summed E-state index contributed by atoms with van der Waals surface area (Å²) >= 11 is 0. The first-order valence-corrected chi connectivity index (χ1v) is 37.1. The van der Waals surface area contributed by atoms with Crippen molar-refractivity contribution in [2.24, 2.45) is 0 Å². The van der Waals surface area contributed by atoms with Crippen molar-refractivity contribution in [3.8, 4) is 0 Å². The van der Waals surface area contributed by atoms with Crippen molar-refractivity contribution >= 4 is 11.9 Å². The third-order valence-corrected chi connectivity index (χ3v) is 17.7. The summed E-state index contributed by atoms with van der Waals surface area (Å²) in [6.07, 6.45) is 90.3. The number of rotatable bonds is 71. The number of hydrogen-bond donors (Lipinski definition) is 1. The molecule has 5 nitrogen and oxygen atoms in total. The number of aliphatic hydroxyl groups excluding tert-OH is 1. The minimum absolute atomic E-state index is 0.0552. The molecule has 0 aromatic rings. The summed E-state index contributed by atoms with van der Waals surface area (Å²) in [5.74, 6) is -0.557. The third-order valence-electron chi connectivity index (χ3n) is 17.7. The molecule has 0 saturated carbocycles. The van der Waals surface area contributed by atoms with Gasteiger partial charge in [-0.3, -0.25) is 9.59 Å². The lowest BCUT2D eigenvalue weighted by atomic mass is 10.0. The fraction of sp³-hybridized carbons (Fsp3) is 0.973. The molecule has 0 saturated heterocycles. The van der Waals surface area contributed by atoms with Crippen LogP contribution in [0.4, 0.5) is 0 Å². The number of ether oxygens (including phenoxy) is 2. The van der Waals surface area contributed by atoms with E-state index < -0.39 is 6.10 Å². The molecule has 0 radical (unpaired) electrons. The lowest BCUT2D eigenvalue weighted by Crippen LogP contribution is -2.28. The van der Waals surface area contributed by atoms with Crippen molar-refractivity contribution in [3.05, 3.63) is 0 Å². The van der Waals surface area contributed by atoms with Crippen LogP contribution in [0, 0.1) is 0 Å². The SMILES string of the molecule is CCCCCCCCCCCCCCCCCCCCCCCCCCCCCCCCCCCCCCCCC(=O)OC(CO)COC(=O)CCCCCCCCCCCCCCCCCCCCCCCCCCCCC. The minimum Gasteiger partial charge on any atom is -0.462 e. The second-order valence-corrected chi connectivity index (χ2v) is 25.8. The number of unbranched alkanes of at least 4 members (excludes halogenated alkanes) is 63. The van der Waals surface area contributed by atoms with Crippen LogP contribution in [0.2, 0.25) is 0 Å². The van der Waals surface area contributed by atoms with Crippen LogP contribution >= 0.6 is 0 Å². The molecule has 0 aliphatic carbocycles. The zero-order valence-electron chi connectivity index (χ0n) is 54.4. The molecule has 0 rings (SSSR count). The Morgan fingerprint density at radius 2 is 0.392 bits per heavy atom. The number of hydrogen-bond acceptors (Lipinski definition) is 5. The van der Waals surface area contributed by atoms with Gasteiger partial charge in [0.25, 0.3) is 0 Å². The highest BCUT2D eigenvalue weighted by molar-refractivity contribution is 5.70. The predicted molar refractivity (Wildman–Crippen MR) is 349 cm³/mol. The van der Waals surface area contributed by atoms with Gasteiger partial charge in [-0.1, -0.05) is 418 Å². The van der Waals surface area contributed by atoms with E-state index in [9.17, 15) is 14.7 Å². The van der Waals surface area contributed by atoms with Gasteiger partial charge in [0.15, 0.2) is 6.10 Å². The predicted octanol–water partition coefficient (Wildman–Crippen LogP) is 25.6. The van der Waals surface area contributed by atoms with E-state index in [0.717, 1.165) is 32.1 Å². The van der Waals surface area contributed by atoms with Crippen molar-refractivity contribution < 1.29 is 24.2 Å². The zero-order valence-corrected chi connectivity index (χ0v) is 54.4. The lowest BCUT2D eigenvalue weighted by molar-refractivity contribution is -0.161. The van der Waals surface area contributed by atoms with Crippen molar-refractivity contribution in [1.29, 1.82) is 0 Å². The molecule has 0 aliphatic rings. The molecule has 79 heavy (non-hydrogen) atoms. The largest absolute Gasteiger partial charge is 0.462 e. The molecule has 472 valence electrons. The van der Waals surface area contributed by atoms with Crippen LogP contribution in [-0.2, 0) is 19.1 Å². The van der Waals surface area contributed by atoms with E-state index in [4.69, 9.17) is 9.47 Å². The van der Waals surface area contributed by atoms with Gasteiger partial charge in [0.2, 0.25) is 0 Å². The molecule has 0 heterocycles. The number of esters is 2. The Kier molecular flexibility index (Phi) is 70.2. The van der Waals surface area contributed by atoms with Gasteiger partial charge in [-0.15, -0.1) is 0 Å². The first kappa shape index (κ1) is 77.9. The van der Waals surface area contributed by atoms with Gasteiger partial charge in [-0.25, -0.2) is 0 Å². The Labute approximate surface area is 497 Å². The highest BCUT2D eigenvalue weighted by Gasteiger charge is 2.16. The monoisotopic (exact) mass is 1120 g/mol. The normalized spacial score (nSPS) is 12.0. The third kappa shape index (κ3) is 69.3. The average Bonchev–Trinajstić information content (AvgIpc) is 3.45. The van der Waals surface area contributed by atoms with Crippen LogP contribution < -0.4 is 0 Å². The van der Waals surface area contributed by atoms with E-state index in [-0.39, 0.29) is 25.2 Å². The van der Waals surface area contributed by atoms with Gasteiger partial charge < -0.3 is 14.6 Å². The van der Waals surface area contributed by atoms with E-state index in [2.05, 4.69) is 13.8 Å². The molecule has 1 N–H and O–H groups in total.